The van der Waals surface area contributed by atoms with E-state index in [-0.39, 0.29) is 18.4 Å². The van der Waals surface area contributed by atoms with E-state index in [9.17, 15) is 13.8 Å². The number of quaternary nitrogens is 1. The van der Waals surface area contributed by atoms with Crippen LogP contribution >= 0.6 is 11.6 Å². The van der Waals surface area contributed by atoms with Crippen LogP contribution < -0.4 is 15.1 Å². The highest BCUT2D eigenvalue weighted by Crippen LogP contribution is 2.36. The highest BCUT2D eigenvalue weighted by atomic mass is 35.5. The molecule has 206 valence electrons. The molecule has 6 nitrogen and oxygen atoms in total. The van der Waals surface area contributed by atoms with Gasteiger partial charge in [0.2, 0.25) is 0 Å². The van der Waals surface area contributed by atoms with Crippen LogP contribution in [0.15, 0.2) is 76.5 Å². The summed E-state index contributed by atoms with van der Waals surface area (Å²) in [5, 5.41) is 3.62. The van der Waals surface area contributed by atoms with E-state index in [1.165, 1.54) is 4.90 Å². The first-order valence-electron chi connectivity index (χ1n) is 13.5. The van der Waals surface area contributed by atoms with Gasteiger partial charge in [0.05, 0.1) is 64.6 Å². The molecule has 0 bridgehead atoms. The van der Waals surface area contributed by atoms with Crippen molar-refractivity contribution in [3.8, 4) is 0 Å². The van der Waals surface area contributed by atoms with E-state index >= 15 is 0 Å². The van der Waals surface area contributed by atoms with E-state index in [0.29, 0.717) is 50.0 Å². The van der Waals surface area contributed by atoms with E-state index in [0.717, 1.165) is 25.2 Å². The van der Waals surface area contributed by atoms with Gasteiger partial charge >= 0.3 is 0 Å². The summed E-state index contributed by atoms with van der Waals surface area (Å²) in [5.74, 6) is 0.671. The van der Waals surface area contributed by atoms with Crippen LogP contribution in [0.25, 0.3) is 0 Å². The molecule has 8 heteroatoms. The number of anilines is 1. The predicted octanol–water partition coefficient (Wildman–Crippen LogP) is 4.59. The fraction of sp³-hybridized carbons (Fsp3) is 0.355. The van der Waals surface area contributed by atoms with Crippen molar-refractivity contribution in [2.24, 2.45) is 11.8 Å². The van der Waals surface area contributed by atoms with Crippen molar-refractivity contribution >= 4 is 39.9 Å². The largest absolute Gasteiger partial charge is 0.346 e. The highest BCUT2D eigenvalue weighted by molar-refractivity contribution is 7.85. The molecular weight excluding hydrogens is 530 g/mol. The van der Waals surface area contributed by atoms with Crippen molar-refractivity contribution in [1.82, 2.24) is 5.32 Å². The lowest BCUT2D eigenvalue weighted by Gasteiger charge is -2.24. The summed E-state index contributed by atoms with van der Waals surface area (Å²) in [6.45, 7) is 12.6. The minimum Gasteiger partial charge on any atom is -0.346 e. The first-order chi connectivity index (χ1) is 18.6. The van der Waals surface area contributed by atoms with Crippen molar-refractivity contribution < 1.29 is 18.7 Å². The number of rotatable bonds is 10. The van der Waals surface area contributed by atoms with Gasteiger partial charge in [-0.2, -0.15) is 0 Å². The average Bonchev–Trinajstić information content (AvgIpc) is 2.97. The van der Waals surface area contributed by atoms with Gasteiger partial charge in [-0.1, -0.05) is 63.6 Å². The Morgan fingerprint density at radius 1 is 0.949 bits per heavy atom. The van der Waals surface area contributed by atoms with Gasteiger partial charge in [0.15, 0.2) is 0 Å². The molecule has 1 aliphatic rings. The number of nitrogens with zero attached hydrogens (tertiary/aromatic N) is 1. The topological polar surface area (TPSA) is 70.9 Å². The third kappa shape index (κ3) is 7.15. The summed E-state index contributed by atoms with van der Waals surface area (Å²) in [5.41, 5.74) is 2.11. The number of carbonyl (C=O) groups excluding carboxylic acids is 2. The maximum absolute atomic E-state index is 13.8. The van der Waals surface area contributed by atoms with E-state index < -0.39 is 10.8 Å². The molecule has 4 rings (SSSR count). The Morgan fingerprint density at radius 2 is 1.67 bits per heavy atom. The monoisotopic (exact) mass is 566 g/mol. The van der Waals surface area contributed by atoms with Gasteiger partial charge in [0.1, 0.15) is 0 Å². The van der Waals surface area contributed by atoms with E-state index in [1.807, 2.05) is 12.1 Å². The van der Waals surface area contributed by atoms with Crippen molar-refractivity contribution in [2.75, 3.05) is 31.1 Å². The Kier molecular flexibility index (Phi) is 9.59. The molecule has 0 aliphatic carbocycles. The van der Waals surface area contributed by atoms with Crippen molar-refractivity contribution in [2.45, 2.75) is 44.0 Å². The van der Waals surface area contributed by atoms with Gasteiger partial charge in [-0.15, -0.1) is 0 Å². The Morgan fingerprint density at radius 3 is 2.36 bits per heavy atom. The fourth-order valence-electron chi connectivity index (χ4n) is 5.08. The molecule has 0 aromatic heterocycles. The lowest BCUT2D eigenvalue weighted by atomic mass is 10.1. The SMILES string of the molecule is CC(C)C[NH+](CCNC(=O)c1ccc2c(c1)N(Cc1cccc(Cl)c1)C(=O)c1ccccc1S2=O)CC(C)C. The Balaban J connectivity index is 1.62. The van der Waals surface area contributed by atoms with Crippen LogP contribution in [0.1, 0.15) is 54.0 Å². The number of benzene rings is 3. The molecule has 1 heterocycles. The maximum atomic E-state index is 13.8. The van der Waals surface area contributed by atoms with E-state index in [1.54, 1.807) is 59.5 Å². The first kappa shape index (κ1) is 29.0. The minimum atomic E-state index is -1.58. The average molecular weight is 567 g/mol. The van der Waals surface area contributed by atoms with Gasteiger partial charge in [0, 0.05) is 22.4 Å². The zero-order valence-electron chi connectivity index (χ0n) is 23.0. The minimum absolute atomic E-state index is 0.214. The number of hydrogen-bond donors (Lipinski definition) is 2. The van der Waals surface area contributed by atoms with Crippen LogP contribution in [0.4, 0.5) is 5.69 Å². The van der Waals surface area contributed by atoms with Crippen molar-refractivity contribution in [1.29, 1.82) is 0 Å². The molecule has 0 saturated carbocycles. The number of nitrogens with one attached hydrogen (secondary N) is 2. The van der Waals surface area contributed by atoms with Gasteiger partial charge in [-0.25, -0.2) is 4.21 Å². The molecular formula is C31H37ClN3O3S+. The second-order valence-electron chi connectivity index (χ2n) is 10.9. The van der Waals surface area contributed by atoms with Crippen LogP contribution in [0.5, 0.6) is 0 Å². The van der Waals surface area contributed by atoms with Gasteiger partial charge in [-0.3, -0.25) is 9.59 Å². The fourth-order valence-corrected chi connectivity index (χ4v) is 6.63. The molecule has 0 spiro atoms. The smallest absolute Gasteiger partial charge is 0.259 e. The molecule has 0 fully saturated rings. The van der Waals surface area contributed by atoms with Gasteiger partial charge in [0.25, 0.3) is 11.8 Å². The second kappa shape index (κ2) is 12.9. The van der Waals surface area contributed by atoms with Crippen LogP contribution in [0.2, 0.25) is 5.02 Å². The summed E-state index contributed by atoms with van der Waals surface area (Å²) in [6, 6.07) is 19.4. The molecule has 1 aliphatic heterocycles. The zero-order valence-corrected chi connectivity index (χ0v) is 24.6. The molecule has 2 N–H and O–H groups in total. The number of halogens is 1. The number of amides is 2. The van der Waals surface area contributed by atoms with Crippen LogP contribution in [-0.2, 0) is 17.3 Å². The second-order valence-corrected chi connectivity index (χ2v) is 12.8. The summed E-state index contributed by atoms with van der Waals surface area (Å²) in [4.78, 5) is 31.0. The standard InChI is InChI=1S/C31H36ClN3O3S/c1-21(2)18-34(19-22(3)4)15-14-33-30(36)24-12-13-29-27(17-24)35(20-23-8-7-9-25(32)16-23)31(37)26-10-5-6-11-28(26)39(29)38/h5-13,16-17,21-22H,14-15,18-20H2,1-4H3,(H,33,36)/p+1. The summed E-state index contributed by atoms with van der Waals surface area (Å²) in [7, 11) is -1.58. The first-order valence-corrected chi connectivity index (χ1v) is 15.0. The molecule has 3 aromatic rings. The van der Waals surface area contributed by atoms with Crippen LogP contribution in [0.3, 0.4) is 0 Å². The lowest BCUT2D eigenvalue weighted by molar-refractivity contribution is -0.904. The van der Waals surface area contributed by atoms with Crippen molar-refractivity contribution in [3.63, 3.8) is 0 Å². The van der Waals surface area contributed by atoms with Crippen LogP contribution in [-0.4, -0.2) is 42.2 Å². The third-order valence-corrected chi connectivity index (χ3v) is 8.40. The molecule has 0 radical (unpaired) electrons. The summed E-state index contributed by atoms with van der Waals surface area (Å²) >= 11 is 6.22. The van der Waals surface area contributed by atoms with E-state index in [2.05, 4.69) is 33.0 Å². The Hall–Kier alpha value is -3.00. The molecule has 3 aromatic carbocycles. The summed E-state index contributed by atoms with van der Waals surface area (Å²) < 4.78 is 13.6. The van der Waals surface area contributed by atoms with E-state index in [4.69, 9.17) is 11.6 Å². The Labute approximate surface area is 238 Å². The maximum Gasteiger partial charge on any atom is 0.259 e. The predicted molar refractivity (Wildman–Crippen MR) is 157 cm³/mol. The molecule has 2 amide bonds. The third-order valence-electron chi connectivity index (χ3n) is 6.66. The number of carbonyl (C=O) groups is 2. The normalized spacial score (nSPS) is 14.9. The number of hydrogen-bond acceptors (Lipinski definition) is 3. The van der Waals surface area contributed by atoms with Gasteiger partial charge < -0.3 is 15.1 Å². The highest BCUT2D eigenvalue weighted by Gasteiger charge is 2.31. The Bertz CT molecular complexity index is 1360. The van der Waals surface area contributed by atoms with Crippen LogP contribution in [0, 0.1) is 11.8 Å². The quantitative estimate of drug-likeness (QED) is 0.377. The number of fused-ring (bicyclic) bond motifs is 2. The molecule has 1 unspecified atom stereocenters. The summed E-state index contributed by atoms with van der Waals surface area (Å²) in [6.07, 6.45) is 0. The molecule has 1 atom stereocenters. The molecule has 0 saturated heterocycles. The lowest BCUT2D eigenvalue weighted by Crippen LogP contribution is -3.13. The van der Waals surface area contributed by atoms with Gasteiger partial charge in [-0.05, 0) is 48.0 Å². The zero-order chi connectivity index (χ0) is 28.1. The van der Waals surface area contributed by atoms with Crippen molar-refractivity contribution in [3.05, 3.63) is 88.4 Å². The molecule has 39 heavy (non-hydrogen) atoms.